The number of benzene rings is 4. The van der Waals surface area contributed by atoms with Crippen molar-refractivity contribution < 1.29 is 9.47 Å². The summed E-state index contributed by atoms with van der Waals surface area (Å²) in [5.74, 6) is 6.44. The molecule has 61 heavy (non-hydrogen) atoms. The number of aromatic nitrogens is 2. The molecule has 4 aromatic carbocycles. The Hall–Kier alpha value is -5.14. The van der Waals surface area contributed by atoms with Crippen LogP contribution in [0.5, 0.6) is 11.5 Å². The number of anilines is 2. The van der Waals surface area contributed by atoms with Crippen molar-refractivity contribution in [2.75, 3.05) is 36.9 Å². The molecule has 2 aliphatic rings. The molecule has 0 aliphatic carbocycles. The smallest absolute Gasteiger partial charge is 0.168 e. The minimum Gasteiger partial charge on any atom is -0.490 e. The molecular formula is C54H74N4O2S. The lowest BCUT2D eigenvalue weighted by Gasteiger charge is -2.20. The molecule has 6 nitrogen and oxygen atoms in total. The Morgan fingerprint density at radius 3 is 1.30 bits per heavy atom. The third-order valence-electron chi connectivity index (χ3n) is 9.96. The number of pyridine rings is 1. The minimum atomic E-state index is 0.503. The molecule has 4 heterocycles. The number of nitrogens with one attached hydrogen (secondary N) is 2. The summed E-state index contributed by atoms with van der Waals surface area (Å²) in [4.78, 5) is 9.63. The molecule has 0 radical (unpaired) electrons. The molecule has 0 saturated heterocycles. The monoisotopic (exact) mass is 843 g/mol. The highest BCUT2D eigenvalue weighted by atomic mass is 32.1. The predicted octanol–water partition coefficient (Wildman–Crippen LogP) is 15.3. The van der Waals surface area contributed by atoms with E-state index in [0.29, 0.717) is 35.5 Å². The van der Waals surface area contributed by atoms with Crippen LogP contribution in [0.2, 0.25) is 0 Å². The van der Waals surface area contributed by atoms with E-state index in [2.05, 4.69) is 201 Å². The average molecular weight is 843 g/mol. The molecule has 2 N–H and O–H groups in total. The number of hydrogen-bond acceptors (Lipinski definition) is 7. The second-order valence-corrected chi connectivity index (χ2v) is 17.9. The number of rotatable bonds is 6. The van der Waals surface area contributed by atoms with E-state index in [1.54, 1.807) is 11.3 Å². The summed E-state index contributed by atoms with van der Waals surface area (Å²) in [6.07, 6.45) is 3.83. The highest BCUT2D eigenvalue weighted by molar-refractivity contribution is 7.09. The minimum absolute atomic E-state index is 0.503. The van der Waals surface area contributed by atoms with Gasteiger partial charge in [0.2, 0.25) is 0 Å². The first-order chi connectivity index (χ1) is 29.3. The molecule has 0 spiro atoms. The lowest BCUT2D eigenvalue weighted by Crippen LogP contribution is -2.19. The highest BCUT2D eigenvalue weighted by Crippen LogP contribution is 2.31. The van der Waals surface area contributed by atoms with Gasteiger partial charge in [0.15, 0.2) is 11.6 Å². The molecule has 6 aromatic rings. The molecule has 328 valence electrons. The summed E-state index contributed by atoms with van der Waals surface area (Å²) in [7, 11) is 0. The number of hydrogen-bond donors (Lipinski definition) is 2. The van der Waals surface area contributed by atoms with Crippen LogP contribution in [0.1, 0.15) is 151 Å². The van der Waals surface area contributed by atoms with Crippen molar-refractivity contribution in [3.8, 4) is 11.5 Å². The summed E-state index contributed by atoms with van der Waals surface area (Å²) in [6.45, 7) is 29.5. The van der Waals surface area contributed by atoms with Crippen LogP contribution in [0.3, 0.4) is 0 Å². The Morgan fingerprint density at radius 2 is 0.902 bits per heavy atom. The van der Waals surface area contributed by atoms with E-state index in [1.165, 1.54) is 32.7 Å². The molecule has 0 atom stereocenters. The van der Waals surface area contributed by atoms with E-state index in [0.717, 1.165) is 49.3 Å². The topological polar surface area (TPSA) is 68.3 Å². The molecular weight excluding hydrogens is 769 g/mol. The maximum Gasteiger partial charge on any atom is 0.168 e. The lowest BCUT2D eigenvalue weighted by molar-refractivity contribution is 0.321. The molecule has 2 aromatic heterocycles. The van der Waals surface area contributed by atoms with Crippen LogP contribution in [0.25, 0.3) is 0 Å². The first-order valence-electron chi connectivity index (χ1n) is 22.2. The van der Waals surface area contributed by atoms with Crippen molar-refractivity contribution in [3.05, 3.63) is 166 Å². The normalized spacial score (nSPS) is 12.1. The first kappa shape index (κ1) is 50.2. The van der Waals surface area contributed by atoms with Gasteiger partial charge in [-0.05, 0) is 81.5 Å². The summed E-state index contributed by atoms with van der Waals surface area (Å²) in [5, 5.41) is 6.50. The zero-order valence-corrected chi connectivity index (χ0v) is 39.9. The maximum absolute atomic E-state index is 5.55. The highest BCUT2D eigenvalue weighted by Gasteiger charge is 2.13. The molecule has 7 heteroatoms. The average Bonchev–Trinajstić information content (AvgIpc) is 3.84. The Kier molecular flexibility index (Phi) is 22.8. The first-order valence-corrected chi connectivity index (χ1v) is 23.0. The van der Waals surface area contributed by atoms with E-state index in [-0.39, 0.29) is 0 Å². The quantitative estimate of drug-likeness (QED) is 0.174. The van der Waals surface area contributed by atoms with Gasteiger partial charge in [0.1, 0.15) is 19.0 Å². The third-order valence-corrected chi connectivity index (χ3v) is 11.0. The number of thiazole rings is 1. The third kappa shape index (κ3) is 19.0. The molecule has 0 amide bonds. The van der Waals surface area contributed by atoms with Gasteiger partial charge in [-0.2, -0.15) is 0 Å². The van der Waals surface area contributed by atoms with E-state index in [4.69, 9.17) is 9.47 Å². The zero-order valence-electron chi connectivity index (χ0n) is 39.1. The second-order valence-electron chi connectivity index (χ2n) is 17.0. The molecule has 0 fully saturated rings. The van der Waals surface area contributed by atoms with E-state index in [9.17, 15) is 0 Å². The van der Waals surface area contributed by atoms with Crippen LogP contribution < -0.4 is 20.1 Å². The van der Waals surface area contributed by atoms with Crippen molar-refractivity contribution in [1.82, 2.24) is 9.97 Å². The van der Waals surface area contributed by atoms with Crippen LogP contribution in [-0.4, -0.2) is 36.3 Å². The van der Waals surface area contributed by atoms with Crippen LogP contribution >= 0.6 is 11.3 Å². The maximum atomic E-state index is 5.55. The van der Waals surface area contributed by atoms with Gasteiger partial charge in [-0.15, -0.1) is 11.3 Å². The van der Waals surface area contributed by atoms with Gasteiger partial charge >= 0.3 is 0 Å². The van der Waals surface area contributed by atoms with Crippen LogP contribution in [0.4, 0.5) is 11.5 Å². The second kappa shape index (κ2) is 27.7. The molecule has 8 rings (SSSR count). The van der Waals surface area contributed by atoms with Gasteiger partial charge in [0.25, 0.3) is 0 Å². The summed E-state index contributed by atoms with van der Waals surface area (Å²) >= 11 is 1.72. The van der Waals surface area contributed by atoms with Crippen molar-refractivity contribution in [1.29, 1.82) is 0 Å². The van der Waals surface area contributed by atoms with Gasteiger partial charge < -0.3 is 20.1 Å². The van der Waals surface area contributed by atoms with Crippen LogP contribution in [0.15, 0.2) is 133 Å². The Bertz CT molecular complexity index is 1850. The number of fused-ring (bicyclic) bond motifs is 2. The summed E-state index contributed by atoms with van der Waals surface area (Å²) in [6, 6.07) is 40.0. The zero-order chi connectivity index (χ0) is 44.6. The van der Waals surface area contributed by atoms with Crippen molar-refractivity contribution in [2.24, 2.45) is 0 Å². The number of nitrogens with zero attached hydrogens (tertiary/aromatic N) is 2. The molecule has 0 saturated carbocycles. The number of ether oxygens (including phenoxy) is 2. The van der Waals surface area contributed by atoms with Crippen LogP contribution in [-0.2, 0) is 0 Å². The largest absolute Gasteiger partial charge is 0.490 e. The Morgan fingerprint density at radius 1 is 0.459 bits per heavy atom. The van der Waals surface area contributed by atoms with Crippen molar-refractivity contribution in [3.63, 3.8) is 0 Å². The fraction of sp³-hybridized carbons (Fsp3) is 0.407. The van der Waals surface area contributed by atoms with Crippen LogP contribution in [0, 0.1) is 0 Å². The summed E-state index contributed by atoms with van der Waals surface area (Å²) in [5.41, 5.74) is 9.79. The van der Waals surface area contributed by atoms with Gasteiger partial charge in [-0.1, -0.05) is 180 Å². The van der Waals surface area contributed by atoms with Gasteiger partial charge in [-0.25, -0.2) is 4.98 Å². The molecule has 0 bridgehead atoms. The van der Waals surface area contributed by atoms with Crippen molar-refractivity contribution >= 4 is 22.8 Å². The predicted molar refractivity (Wildman–Crippen MR) is 265 cm³/mol. The molecule has 2 aliphatic heterocycles. The Labute approximate surface area is 373 Å². The fourth-order valence-corrected chi connectivity index (χ4v) is 6.52. The SMILES string of the molecule is CC(C)c1ccc2c(c1)OCCN2.CC(C)c1ccccc1.CC(C)c1ccccc1.CC(C)c1ccccc1.CC(C)c1cnc2c(c1)OCCN2.CC(C)c1cncs1. The lowest BCUT2D eigenvalue weighted by atomic mass is 10.0. The van der Waals surface area contributed by atoms with E-state index < -0.39 is 0 Å². The van der Waals surface area contributed by atoms with E-state index >= 15 is 0 Å². The summed E-state index contributed by atoms with van der Waals surface area (Å²) < 4.78 is 11.0. The van der Waals surface area contributed by atoms with Gasteiger partial charge in [-0.3, -0.25) is 4.98 Å². The van der Waals surface area contributed by atoms with E-state index in [1.807, 2.05) is 36.1 Å². The van der Waals surface area contributed by atoms with Gasteiger partial charge in [0.05, 0.1) is 17.7 Å². The fourth-order valence-electron chi connectivity index (χ4n) is 5.88. The Balaban J connectivity index is 0.000000197. The van der Waals surface area contributed by atoms with Gasteiger partial charge in [0, 0.05) is 23.8 Å². The van der Waals surface area contributed by atoms with Crippen molar-refractivity contribution in [2.45, 2.75) is 119 Å². The standard InChI is InChI=1S/C11H15NO.C10H14N2O.3C9H12.C6H9NS/c1-8(2)9-3-4-10-11(7-9)13-6-5-12-10;1-7(2)8-5-9-10(12-6-8)11-3-4-13-9;3*1-8(2)9-6-4-3-5-7-9;1-5(2)6-3-7-4-8-6/h3-4,7-8,12H,5-6H2,1-2H3;5-7H,3-4H2,1-2H3,(H,11,12);3*3-8H,1-2H3;3-5H,1-2H3. The molecule has 0 unspecified atom stereocenters.